The lowest BCUT2D eigenvalue weighted by Crippen LogP contribution is -2.12. The fraction of sp³-hybridized carbons (Fsp3) is 0.300. The predicted octanol–water partition coefficient (Wildman–Crippen LogP) is 1.67. The van der Waals surface area contributed by atoms with Gasteiger partial charge in [0.2, 0.25) is 0 Å². The molecule has 0 fully saturated rings. The van der Waals surface area contributed by atoms with Crippen molar-refractivity contribution >= 4 is 5.84 Å². The van der Waals surface area contributed by atoms with Crippen molar-refractivity contribution in [2.45, 2.75) is 13.0 Å². The van der Waals surface area contributed by atoms with Crippen LogP contribution < -0.4 is 5.73 Å². The Balaban J connectivity index is 2.31. The quantitative estimate of drug-likeness (QED) is 0.427. The highest BCUT2D eigenvalue weighted by atomic mass is 19.1. The van der Waals surface area contributed by atoms with E-state index in [-0.39, 0.29) is 18.3 Å². The molecule has 1 rings (SSSR count). The van der Waals surface area contributed by atoms with E-state index in [1.54, 1.807) is 18.2 Å². The van der Waals surface area contributed by atoms with E-state index in [4.69, 9.17) is 15.9 Å². The molecule has 3 nitrogen and oxygen atoms in total. The summed E-state index contributed by atoms with van der Waals surface area (Å²) in [6, 6.07) is 6.45. The van der Waals surface area contributed by atoms with Crippen molar-refractivity contribution in [2.75, 3.05) is 6.61 Å². The Morgan fingerprint density at radius 2 is 2.14 bits per heavy atom. The van der Waals surface area contributed by atoms with E-state index in [1.807, 2.05) is 0 Å². The van der Waals surface area contributed by atoms with Crippen LogP contribution in [0.25, 0.3) is 0 Å². The molecule has 14 heavy (non-hydrogen) atoms. The molecule has 0 heterocycles. The SMILES string of the molecule is N=C(N)CCOCc1ccccc1F. The lowest BCUT2D eigenvalue weighted by atomic mass is 10.2. The van der Waals surface area contributed by atoms with Crippen LogP contribution in [0.4, 0.5) is 4.39 Å². The normalized spacial score (nSPS) is 10.1. The van der Waals surface area contributed by atoms with Crippen LogP contribution in [0.1, 0.15) is 12.0 Å². The summed E-state index contributed by atoms with van der Waals surface area (Å²) >= 11 is 0. The molecule has 0 saturated heterocycles. The zero-order valence-electron chi connectivity index (χ0n) is 7.79. The Morgan fingerprint density at radius 3 is 2.79 bits per heavy atom. The van der Waals surface area contributed by atoms with E-state index in [0.29, 0.717) is 18.6 Å². The summed E-state index contributed by atoms with van der Waals surface area (Å²) in [6.45, 7) is 0.573. The Hall–Kier alpha value is -1.42. The molecule has 3 N–H and O–H groups in total. The number of ether oxygens (including phenoxy) is 1. The second-order valence-electron chi connectivity index (χ2n) is 2.92. The van der Waals surface area contributed by atoms with Crippen molar-refractivity contribution in [1.29, 1.82) is 5.41 Å². The van der Waals surface area contributed by atoms with Gasteiger partial charge in [0.1, 0.15) is 5.82 Å². The number of rotatable bonds is 5. The zero-order valence-corrected chi connectivity index (χ0v) is 7.79. The average Bonchev–Trinajstić information content (AvgIpc) is 2.15. The van der Waals surface area contributed by atoms with Crippen LogP contribution in [0.2, 0.25) is 0 Å². The van der Waals surface area contributed by atoms with E-state index in [0.717, 1.165) is 0 Å². The Morgan fingerprint density at radius 1 is 1.43 bits per heavy atom. The van der Waals surface area contributed by atoms with Gasteiger partial charge in [-0.15, -0.1) is 0 Å². The van der Waals surface area contributed by atoms with Gasteiger partial charge < -0.3 is 10.5 Å². The summed E-state index contributed by atoms with van der Waals surface area (Å²) in [7, 11) is 0. The summed E-state index contributed by atoms with van der Waals surface area (Å²) in [5.74, 6) is -0.186. The standard InChI is InChI=1S/C10H13FN2O/c11-9-4-2-1-3-8(9)7-14-6-5-10(12)13/h1-4H,5-7H2,(H3,12,13). The lowest BCUT2D eigenvalue weighted by Gasteiger charge is -2.04. The summed E-state index contributed by atoms with van der Waals surface area (Å²) in [6.07, 6.45) is 0.383. The molecule has 0 radical (unpaired) electrons. The largest absolute Gasteiger partial charge is 0.388 e. The van der Waals surface area contributed by atoms with Gasteiger partial charge in [0.05, 0.1) is 19.0 Å². The monoisotopic (exact) mass is 196 g/mol. The molecule has 1 aromatic carbocycles. The summed E-state index contributed by atoms with van der Waals surface area (Å²) < 4.78 is 18.2. The molecule has 1 aromatic rings. The van der Waals surface area contributed by atoms with Crippen molar-refractivity contribution < 1.29 is 9.13 Å². The third-order valence-corrected chi connectivity index (χ3v) is 1.73. The van der Waals surface area contributed by atoms with Crippen molar-refractivity contribution in [1.82, 2.24) is 0 Å². The van der Waals surface area contributed by atoms with Gasteiger partial charge in [0.15, 0.2) is 0 Å². The van der Waals surface area contributed by atoms with Crippen LogP contribution in [0.5, 0.6) is 0 Å². The topological polar surface area (TPSA) is 59.1 Å². The van der Waals surface area contributed by atoms with E-state index < -0.39 is 0 Å². The van der Waals surface area contributed by atoms with Crippen LogP contribution in [0.3, 0.4) is 0 Å². The molecule has 0 saturated carbocycles. The summed E-state index contributed by atoms with van der Waals surface area (Å²) in [5, 5.41) is 6.94. The molecule has 0 amide bonds. The first-order valence-electron chi connectivity index (χ1n) is 4.34. The van der Waals surface area contributed by atoms with Crippen LogP contribution in [0, 0.1) is 11.2 Å². The van der Waals surface area contributed by atoms with Crippen molar-refractivity contribution in [3.05, 3.63) is 35.6 Å². The van der Waals surface area contributed by atoms with E-state index in [9.17, 15) is 4.39 Å². The predicted molar refractivity (Wildman–Crippen MR) is 52.6 cm³/mol. The second-order valence-corrected chi connectivity index (χ2v) is 2.92. The molecule has 4 heteroatoms. The summed E-state index contributed by atoms with van der Waals surface area (Å²) in [5.41, 5.74) is 5.66. The van der Waals surface area contributed by atoms with Crippen molar-refractivity contribution in [2.24, 2.45) is 5.73 Å². The van der Waals surface area contributed by atoms with E-state index in [1.165, 1.54) is 6.07 Å². The fourth-order valence-electron chi connectivity index (χ4n) is 0.980. The third kappa shape index (κ3) is 3.53. The average molecular weight is 196 g/mol. The maximum absolute atomic E-state index is 13.0. The molecule has 0 atom stereocenters. The first-order valence-corrected chi connectivity index (χ1v) is 4.34. The first-order chi connectivity index (χ1) is 6.70. The number of hydrogen-bond donors (Lipinski definition) is 2. The van der Waals surface area contributed by atoms with Gasteiger partial charge in [-0.25, -0.2) is 4.39 Å². The Kier molecular flexibility index (Phi) is 4.07. The number of halogens is 1. The van der Waals surface area contributed by atoms with Gasteiger partial charge in [0.25, 0.3) is 0 Å². The zero-order chi connectivity index (χ0) is 10.4. The van der Waals surface area contributed by atoms with Gasteiger partial charge in [0, 0.05) is 12.0 Å². The molecule has 0 aliphatic carbocycles. The minimum atomic E-state index is -0.268. The number of nitrogens with one attached hydrogen (secondary N) is 1. The van der Waals surface area contributed by atoms with Crippen LogP contribution in [0.15, 0.2) is 24.3 Å². The van der Waals surface area contributed by atoms with Gasteiger partial charge in [-0.05, 0) is 6.07 Å². The highest BCUT2D eigenvalue weighted by Gasteiger charge is 1.99. The van der Waals surface area contributed by atoms with Gasteiger partial charge in [-0.3, -0.25) is 5.41 Å². The Labute approximate surface area is 82.2 Å². The molecule has 0 bridgehead atoms. The molecular weight excluding hydrogens is 183 g/mol. The van der Waals surface area contributed by atoms with E-state index >= 15 is 0 Å². The maximum Gasteiger partial charge on any atom is 0.128 e. The van der Waals surface area contributed by atoms with Crippen molar-refractivity contribution in [3.8, 4) is 0 Å². The number of benzene rings is 1. The summed E-state index contributed by atoms with van der Waals surface area (Å²) in [4.78, 5) is 0. The van der Waals surface area contributed by atoms with E-state index in [2.05, 4.69) is 0 Å². The number of hydrogen-bond acceptors (Lipinski definition) is 2. The Bertz CT molecular complexity index is 315. The van der Waals surface area contributed by atoms with Gasteiger partial charge >= 0.3 is 0 Å². The van der Waals surface area contributed by atoms with Crippen molar-refractivity contribution in [3.63, 3.8) is 0 Å². The molecule has 76 valence electrons. The molecule has 0 aliphatic heterocycles. The molecular formula is C10H13FN2O. The van der Waals surface area contributed by atoms with Gasteiger partial charge in [-0.2, -0.15) is 0 Å². The molecule has 0 unspecified atom stereocenters. The lowest BCUT2D eigenvalue weighted by molar-refractivity contribution is 0.125. The highest BCUT2D eigenvalue weighted by Crippen LogP contribution is 2.07. The maximum atomic E-state index is 13.0. The van der Waals surface area contributed by atoms with Gasteiger partial charge in [-0.1, -0.05) is 18.2 Å². The van der Waals surface area contributed by atoms with Crippen LogP contribution in [-0.4, -0.2) is 12.4 Å². The molecule has 0 aromatic heterocycles. The number of amidine groups is 1. The molecule has 0 spiro atoms. The van der Waals surface area contributed by atoms with Crippen LogP contribution in [-0.2, 0) is 11.3 Å². The first kappa shape index (κ1) is 10.7. The van der Waals surface area contributed by atoms with Crippen LogP contribution >= 0.6 is 0 Å². The third-order valence-electron chi connectivity index (χ3n) is 1.73. The fourth-order valence-corrected chi connectivity index (χ4v) is 0.980. The minimum Gasteiger partial charge on any atom is -0.388 e. The smallest absolute Gasteiger partial charge is 0.128 e. The highest BCUT2D eigenvalue weighted by molar-refractivity contribution is 5.76. The minimum absolute atomic E-state index is 0.0820. The number of nitrogens with two attached hydrogens (primary N) is 1. The second kappa shape index (κ2) is 5.34. The molecule has 0 aliphatic rings.